The van der Waals surface area contributed by atoms with Gasteiger partial charge in [-0.3, -0.25) is 13.6 Å². The zero-order valence-corrected chi connectivity index (χ0v) is 23.5. The second-order valence-electron chi connectivity index (χ2n) is 9.61. The molecule has 5 rings (SSSR count). The number of anilines is 1. The molecule has 0 bridgehead atoms. The highest BCUT2D eigenvalue weighted by molar-refractivity contribution is 7.61. The summed E-state index contributed by atoms with van der Waals surface area (Å²) in [7, 11) is -10.4. The van der Waals surface area contributed by atoms with Gasteiger partial charge in [0.25, 0.3) is 0 Å². The first-order chi connectivity index (χ1) is 19.9. The molecule has 1 aromatic carbocycles. The third-order valence-electron chi connectivity index (χ3n) is 6.69. The molecule has 2 fully saturated rings. The highest BCUT2D eigenvalue weighted by Crippen LogP contribution is 2.60. The number of fused-ring (bicyclic) bond motifs is 1. The van der Waals surface area contributed by atoms with E-state index in [2.05, 4.69) is 34.4 Å². The molecule has 0 radical (unpaired) electrons. The van der Waals surface area contributed by atoms with Gasteiger partial charge < -0.3 is 45.6 Å². The van der Waals surface area contributed by atoms with Crippen LogP contribution in [-0.4, -0.2) is 106 Å². The number of β-amino-alcohol motifs (C(OH)–C–C–N with tert-alkyl or cyclic N) is 1. The molecule has 0 spiro atoms. The van der Waals surface area contributed by atoms with Crippen molar-refractivity contribution in [3.05, 3.63) is 48.5 Å². The lowest BCUT2D eigenvalue weighted by Gasteiger charge is -2.21. The van der Waals surface area contributed by atoms with Crippen molar-refractivity contribution in [1.29, 1.82) is 0 Å². The Kier molecular flexibility index (Phi) is 9.36. The number of hydrogen-bond donors (Lipinski definition) is 8. The Morgan fingerprint density at radius 2 is 1.69 bits per heavy atom. The lowest BCUT2D eigenvalue weighted by Crippen LogP contribution is -2.36. The van der Waals surface area contributed by atoms with Crippen LogP contribution in [0.4, 0.5) is 5.82 Å². The van der Waals surface area contributed by atoms with E-state index < -0.39 is 71.6 Å². The molecule has 0 aliphatic carbocycles. The minimum absolute atomic E-state index is 0.0120. The van der Waals surface area contributed by atoms with E-state index in [1.165, 1.54) is 17.2 Å². The van der Waals surface area contributed by atoms with Gasteiger partial charge in [-0.2, -0.15) is 4.31 Å². The number of hydrogen-bond acceptors (Lipinski definition) is 15. The predicted octanol–water partition coefficient (Wildman–Crippen LogP) is -0.998. The minimum Gasteiger partial charge on any atom is -0.389 e. The maximum Gasteiger partial charge on any atom is 0.481 e. The maximum absolute atomic E-state index is 12.3. The van der Waals surface area contributed by atoms with E-state index >= 15 is 0 Å². The topological polar surface area (TPSA) is 260 Å². The number of imidazole rings is 1. The van der Waals surface area contributed by atoms with E-state index in [0.717, 1.165) is 5.56 Å². The Balaban J connectivity index is 1.19. The van der Waals surface area contributed by atoms with E-state index in [1.807, 2.05) is 30.3 Å². The fraction of sp³-hybridized carbons (Fsp3) is 0.500. The van der Waals surface area contributed by atoms with Crippen molar-refractivity contribution < 1.29 is 57.4 Å². The van der Waals surface area contributed by atoms with Gasteiger partial charge in [0.1, 0.15) is 24.6 Å². The SMILES string of the molecule is O=P(O)(OCC1NC[C@H](O)[C@@H]1O)OP(=O)(O)OC[C@H]1OC(n2cnc3c(NCc4ccccc4)ncnc32)[C@H](O)[C@@H]1O. The molecule has 9 atom stereocenters. The van der Waals surface area contributed by atoms with Crippen LogP contribution in [-0.2, 0) is 33.8 Å². The van der Waals surface area contributed by atoms with Crippen molar-refractivity contribution in [2.24, 2.45) is 0 Å². The second kappa shape index (κ2) is 12.7. The lowest BCUT2D eigenvalue weighted by molar-refractivity contribution is -0.0504. The first-order valence-electron chi connectivity index (χ1n) is 12.7. The van der Waals surface area contributed by atoms with Crippen LogP contribution in [0.25, 0.3) is 11.2 Å². The van der Waals surface area contributed by atoms with Crippen LogP contribution in [0.5, 0.6) is 0 Å². The maximum atomic E-state index is 12.3. The first-order valence-corrected chi connectivity index (χ1v) is 15.7. The molecule has 4 unspecified atom stereocenters. The summed E-state index contributed by atoms with van der Waals surface area (Å²) >= 11 is 0. The zero-order chi connectivity index (χ0) is 30.1. The monoisotopic (exact) mass is 632 g/mol. The second-order valence-corrected chi connectivity index (χ2v) is 12.7. The van der Waals surface area contributed by atoms with Crippen molar-refractivity contribution in [3.63, 3.8) is 0 Å². The van der Waals surface area contributed by atoms with E-state index in [-0.39, 0.29) is 12.2 Å². The average molecular weight is 632 g/mol. The number of aromatic nitrogens is 4. The number of ether oxygens (including phenoxy) is 1. The first kappa shape index (κ1) is 31.0. The molecule has 2 aliphatic rings. The summed E-state index contributed by atoms with van der Waals surface area (Å²) in [5.74, 6) is 0.416. The Morgan fingerprint density at radius 3 is 2.38 bits per heavy atom. The zero-order valence-electron chi connectivity index (χ0n) is 21.7. The molecule has 42 heavy (non-hydrogen) atoms. The molecular weight excluding hydrogens is 602 g/mol. The third kappa shape index (κ3) is 7.03. The van der Waals surface area contributed by atoms with Crippen LogP contribution < -0.4 is 10.6 Å². The normalized spacial score (nSPS) is 30.8. The van der Waals surface area contributed by atoms with Gasteiger partial charge in [-0.1, -0.05) is 30.3 Å². The summed E-state index contributed by atoms with van der Waals surface area (Å²) in [5.41, 5.74) is 1.63. The van der Waals surface area contributed by atoms with Crippen LogP contribution in [0.1, 0.15) is 11.8 Å². The largest absolute Gasteiger partial charge is 0.481 e. The van der Waals surface area contributed by atoms with Gasteiger partial charge in [-0.05, 0) is 5.56 Å². The van der Waals surface area contributed by atoms with Gasteiger partial charge in [0, 0.05) is 13.1 Å². The number of aliphatic hydroxyl groups excluding tert-OH is 4. The Labute approximate surface area is 238 Å². The van der Waals surface area contributed by atoms with Crippen LogP contribution in [0, 0.1) is 0 Å². The molecule has 8 N–H and O–H groups in total. The van der Waals surface area contributed by atoms with Crippen molar-refractivity contribution in [2.45, 2.75) is 49.3 Å². The molecule has 0 saturated carbocycles. The number of aliphatic hydroxyl groups is 4. The lowest BCUT2D eigenvalue weighted by atomic mass is 10.1. The standard InChI is InChI=1S/C22H30N6O12P2/c29-14-7-23-13(17(14)30)8-37-41(33,34)40-42(35,36)38-9-15-18(31)19(32)22(39-15)28-11-27-16-20(25-10-26-21(16)28)24-6-12-4-2-1-3-5-12/h1-5,10-11,13-15,17-19,22-23,29-32H,6-9H2,(H,33,34)(H,35,36)(H,24,25,26)/t13?,14-,15+,17+,18+,19+,22?/m0/s1. The predicted molar refractivity (Wildman–Crippen MR) is 141 cm³/mol. The van der Waals surface area contributed by atoms with Gasteiger partial charge in [0.15, 0.2) is 23.2 Å². The number of nitrogens with zero attached hydrogens (tertiary/aromatic N) is 4. The summed E-state index contributed by atoms with van der Waals surface area (Å²) < 4.78 is 45.1. The Bertz CT molecular complexity index is 1470. The van der Waals surface area contributed by atoms with Crippen LogP contribution in [0.2, 0.25) is 0 Å². The van der Waals surface area contributed by atoms with Crippen LogP contribution in [0.3, 0.4) is 0 Å². The number of nitrogens with one attached hydrogen (secondary N) is 2. The van der Waals surface area contributed by atoms with Gasteiger partial charge in [-0.15, -0.1) is 0 Å². The fourth-order valence-corrected chi connectivity index (χ4v) is 6.61. The highest BCUT2D eigenvalue weighted by atomic mass is 31.3. The molecule has 18 nitrogen and oxygen atoms in total. The number of phosphoric acid groups is 2. The van der Waals surface area contributed by atoms with Gasteiger partial charge in [0.2, 0.25) is 0 Å². The molecular formula is C22H30N6O12P2. The summed E-state index contributed by atoms with van der Waals surface area (Å²) in [4.78, 5) is 32.5. The Hall–Kier alpha value is -2.41. The molecule has 3 aromatic rings. The van der Waals surface area contributed by atoms with E-state index in [1.54, 1.807) is 0 Å². The minimum atomic E-state index is -5.25. The van der Waals surface area contributed by atoms with Crippen molar-refractivity contribution in [1.82, 2.24) is 24.8 Å². The molecule has 230 valence electrons. The highest BCUT2D eigenvalue weighted by Gasteiger charge is 2.46. The Morgan fingerprint density at radius 1 is 0.976 bits per heavy atom. The number of phosphoric ester groups is 2. The van der Waals surface area contributed by atoms with Crippen molar-refractivity contribution in [2.75, 3.05) is 25.1 Å². The summed E-state index contributed by atoms with van der Waals surface area (Å²) in [6.45, 7) is -0.991. The molecule has 0 amide bonds. The number of benzene rings is 1. The van der Waals surface area contributed by atoms with E-state index in [4.69, 9.17) is 9.26 Å². The van der Waals surface area contributed by atoms with E-state index in [9.17, 15) is 39.3 Å². The smallest absolute Gasteiger partial charge is 0.389 e. The van der Waals surface area contributed by atoms with Crippen molar-refractivity contribution >= 4 is 32.6 Å². The molecule has 2 aliphatic heterocycles. The molecule has 2 saturated heterocycles. The van der Waals surface area contributed by atoms with Gasteiger partial charge in [-0.25, -0.2) is 24.1 Å². The third-order valence-corrected chi connectivity index (χ3v) is 9.30. The van der Waals surface area contributed by atoms with Crippen LogP contribution in [0.15, 0.2) is 43.0 Å². The fourth-order valence-electron chi connectivity index (χ4n) is 4.50. The molecule has 20 heteroatoms. The average Bonchev–Trinajstić information content (AvgIpc) is 3.61. The van der Waals surface area contributed by atoms with Gasteiger partial charge in [0.05, 0.1) is 37.8 Å². The quantitative estimate of drug-likeness (QED) is 0.111. The number of rotatable bonds is 12. The molecule has 2 aromatic heterocycles. The van der Waals surface area contributed by atoms with Gasteiger partial charge >= 0.3 is 15.6 Å². The van der Waals surface area contributed by atoms with Crippen molar-refractivity contribution in [3.8, 4) is 0 Å². The summed E-state index contributed by atoms with van der Waals surface area (Å²) in [5, 5.41) is 46.3. The summed E-state index contributed by atoms with van der Waals surface area (Å²) in [6.07, 6.45) is -5.56. The summed E-state index contributed by atoms with van der Waals surface area (Å²) in [6, 6.07) is 8.64. The van der Waals surface area contributed by atoms with Crippen LogP contribution >= 0.6 is 15.6 Å². The van der Waals surface area contributed by atoms with E-state index in [0.29, 0.717) is 17.9 Å². The molecule has 4 heterocycles.